The summed E-state index contributed by atoms with van der Waals surface area (Å²) in [5, 5.41) is 0. The molecule has 0 bridgehead atoms. The van der Waals surface area contributed by atoms with Crippen LogP contribution in [0.4, 0.5) is 0 Å². The van der Waals surface area contributed by atoms with Crippen LogP contribution in [0.1, 0.15) is 82.6 Å². The standard InChI is InChI=1S/C24H36O/c1-3-4-5-6-19-7-9-20(10-8-19)21-11-13-22(14-12-21)23-15-17-24(25-2)18-16-23/h7,9,15-22H,3-6,8,10-14H2,1-2H3/t19-,20-,21?,22?/m0/s1. The third-order valence-electron chi connectivity index (χ3n) is 6.64. The molecular weight excluding hydrogens is 304 g/mol. The first-order valence-electron chi connectivity index (χ1n) is 10.6. The molecule has 1 heteroatoms. The van der Waals surface area contributed by atoms with Crippen molar-refractivity contribution in [2.24, 2.45) is 17.8 Å². The summed E-state index contributed by atoms with van der Waals surface area (Å²) in [6, 6.07) is 8.77. The summed E-state index contributed by atoms with van der Waals surface area (Å²) >= 11 is 0. The lowest BCUT2D eigenvalue weighted by atomic mass is 9.70. The predicted octanol–water partition coefficient (Wildman–Crippen LogP) is 7.13. The highest BCUT2D eigenvalue weighted by atomic mass is 16.5. The molecule has 2 atom stereocenters. The van der Waals surface area contributed by atoms with Gasteiger partial charge in [-0.25, -0.2) is 0 Å². The highest BCUT2D eigenvalue weighted by molar-refractivity contribution is 5.29. The molecule has 138 valence electrons. The number of hydrogen-bond donors (Lipinski definition) is 0. The fraction of sp³-hybridized carbons (Fsp3) is 0.667. The zero-order valence-electron chi connectivity index (χ0n) is 16.3. The molecule has 1 aromatic rings. The van der Waals surface area contributed by atoms with Gasteiger partial charge in [0.15, 0.2) is 0 Å². The first-order chi connectivity index (χ1) is 12.3. The lowest BCUT2D eigenvalue weighted by Crippen LogP contribution is -2.22. The maximum absolute atomic E-state index is 5.28. The first-order valence-corrected chi connectivity index (χ1v) is 10.6. The molecule has 1 aromatic carbocycles. The van der Waals surface area contributed by atoms with Gasteiger partial charge in [0.2, 0.25) is 0 Å². The average molecular weight is 341 g/mol. The highest BCUT2D eigenvalue weighted by Crippen LogP contribution is 2.42. The number of rotatable bonds is 7. The van der Waals surface area contributed by atoms with Crippen LogP contribution in [-0.2, 0) is 0 Å². The van der Waals surface area contributed by atoms with Gasteiger partial charge in [0.1, 0.15) is 5.75 Å². The molecule has 0 radical (unpaired) electrons. The fourth-order valence-corrected chi connectivity index (χ4v) is 4.95. The summed E-state index contributed by atoms with van der Waals surface area (Å²) in [6.45, 7) is 2.30. The van der Waals surface area contributed by atoms with Gasteiger partial charge in [0.05, 0.1) is 7.11 Å². The molecule has 0 heterocycles. The summed E-state index contributed by atoms with van der Waals surface area (Å²) in [5.41, 5.74) is 1.51. The summed E-state index contributed by atoms with van der Waals surface area (Å²) in [4.78, 5) is 0. The van der Waals surface area contributed by atoms with E-state index in [0.29, 0.717) is 0 Å². The Morgan fingerprint density at radius 1 is 0.880 bits per heavy atom. The van der Waals surface area contributed by atoms with Gasteiger partial charge in [-0.1, -0.05) is 50.5 Å². The topological polar surface area (TPSA) is 9.23 Å². The van der Waals surface area contributed by atoms with Crippen LogP contribution in [0, 0.1) is 17.8 Å². The van der Waals surface area contributed by atoms with Crippen molar-refractivity contribution < 1.29 is 4.74 Å². The molecule has 25 heavy (non-hydrogen) atoms. The molecule has 0 amide bonds. The van der Waals surface area contributed by atoms with E-state index in [0.717, 1.165) is 29.4 Å². The van der Waals surface area contributed by atoms with Crippen molar-refractivity contribution in [3.63, 3.8) is 0 Å². The van der Waals surface area contributed by atoms with Gasteiger partial charge in [-0.3, -0.25) is 0 Å². The number of allylic oxidation sites excluding steroid dienone is 2. The molecule has 3 rings (SSSR count). The van der Waals surface area contributed by atoms with Crippen molar-refractivity contribution in [3.8, 4) is 5.75 Å². The maximum Gasteiger partial charge on any atom is 0.118 e. The van der Waals surface area contributed by atoms with Crippen molar-refractivity contribution in [1.82, 2.24) is 0 Å². The van der Waals surface area contributed by atoms with E-state index in [2.05, 4.69) is 43.3 Å². The Kier molecular flexibility index (Phi) is 7.02. The van der Waals surface area contributed by atoms with Crippen molar-refractivity contribution in [3.05, 3.63) is 42.0 Å². The minimum atomic E-state index is 0.761. The minimum absolute atomic E-state index is 0.761. The van der Waals surface area contributed by atoms with Gasteiger partial charge in [0, 0.05) is 0 Å². The molecule has 1 nitrogen and oxygen atoms in total. The van der Waals surface area contributed by atoms with Gasteiger partial charge in [-0.2, -0.15) is 0 Å². The lowest BCUT2D eigenvalue weighted by Gasteiger charge is -2.35. The molecule has 1 saturated carbocycles. The molecule has 2 aliphatic rings. The van der Waals surface area contributed by atoms with Crippen molar-refractivity contribution in [2.45, 2.75) is 77.0 Å². The average Bonchev–Trinajstić information content (AvgIpc) is 2.69. The van der Waals surface area contributed by atoms with Crippen molar-refractivity contribution >= 4 is 0 Å². The van der Waals surface area contributed by atoms with Gasteiger partial charge < -0.3 is 4.74 Å². The zero-order chi connectivity index (χ0) is 17.5. The Morgan fingerprint density at radius 2 is 1.64 bits per heavy atom. The fourth-order valence-electron chi connectivity index (χ4n) is 4.95. The number of hydrogen-bond acceptors (Lipinski definition) is 1. The highest BCUT2D eigenvalue weighted by Gasteiger charge is 2.28. The van der Waals surface area contributed by atoms with Gasteiger partial charge in [0.25, 0.3) is 0 Å². The number of ether oxygens (including phenoxy) is 1. The molecule has 0 aliphatic heterocycles. The van der Waals surface area contributed by atoms with Crippen LogP contribution in [0.3, 0.4) is 0 Å². The van der Waals surface area contributed by atoms with Gasteiger partial charge in [-0.15, -0.1) is 0 Å². The monoisotopic (exact) mass is 340 g/mol. The second kappa shape index (κ2) is 9.46. The number of unbranched alkanes of at least 4 members (excludes halogenated alkanes) is 2. The van der Waals surface area contributed by atoms with Crippen LogP contribution < -0.4 is 4.74 Å². The van der Waals surface area contributed by atoms with E-state index in [4.69, 9.17) is 4.74 Å². The van der Waals surface area contributed by atoms with E-state index in [1.807, 2.05) is 0 Å². The van der Waals surface area contributed by atoms with Crippen LogP contribution in [-0.4, -0.2) is 7.11 Å². The van der Waals surface area contributed by atoms with E-state index in [9.17, 15) is 0 Å². The smallest absolute Gasteiger partial charge is 0.118 e. The van der Waals surface area contributed by atoms with Crippen LogP contribution in [0.5, 0.6) is 5.75 Å². The largest absolute Gasteiger partial charge is 0.497 e. The van der Waals surface area contributed by atoms with Crippen molar-refractivity contribution in [1.29, 1.82) is 0 Å². The Bertz CT molecular complexity index is 522. The van der Waals surface area contributed by atoms with E-state index in [1.54, 1.807) is 7.11 Å². The zero-order valence-corrected chi connectivity index (χ0v) is 16.3. The van der Waals surface area contributed by atoms with Crippen LogP contribution in [0.25, 0.3) is 0 Å². The summed E-state index contributed by atoms with van der Waals surface area (Å²) in [7, 11) is 1.74. The van der Waals surface area contributed by atoms with Gasteiger partial charge >= 0.3 is 0 Å². The molecule has 0 saturated heterocycles. The summed E-state index contributed by atoms with van der Waals surface area (Å²) in [5.74, 6) is 4.40. The second-order valence-electron chi connectivity index (χ2n) is 8.27. The Balaban J connectivity index is 1.45. The SMILES string of the molecule is CCCCC[C@H]1C=C[C@H](C2CCC(c3ccc(OC)cc3)CC2)CC1. The Morgan fingerprint density at radius 3 is 2.24 bits per heavy atom. The first kappa shape index (κ1) is 18.5. The van der Waals surface area contributed by atoms with E-state index in [1.165, 1.54) is 69.8 Å². The van der Waals surface area contributed by atoms with E-state index >= 15 is 0 Å². The maximum atomic E-state index is 5.28. The van der Waals surface area contributed by atoms with E-state index < -0.39 is 0 Å². The normalized spacial score (nSPS) is 29.5. The molecule has 2 aliphatic carbocycles. The van der Waals surface area contributed by atoms with Crippen LogP contribution in [0.15, 0.2) is 36.4 Å². The third kappa shape index (κ3) is 5.12. The minimum Gasteiger partial charge on any atom is -0.497 e. The third-order valence-corrected chi connectivity index (χ3v) is 6.64. The van der Waals surface area contributed by atoms with Crippen LogP contribution in [0.2, 0.25) is 0 Å². The molecule has 0 unspecified atom stereocenters. The number of methoxy groups -OCH3 is 1. The molecule has 1 fully saturated rings. The van der Waals surface area contributed by atoms with E-state index in [-0.39, 0.29) is 0 Å². The van der Waals surface area contributed by atoms with Crippen LogP contribution >= 0.6 is 0 Å². The molecule has 0 spiro atoms. The quantitative estimate of drug-likeness (QED) is 0.379. The van der Waals surface area contributed by atoms with Gasteiger partial charge in [-0.05, 0) is 86.3 Å². The predicted molar refractivity (Wildman–Crippen MR) is 107 cm³/mol. The Labute approximate surface area is 154 Å². The van der Waals surface area contributed by atoms with Crippen molar-refractivity contribution in [2.75, 3.05) is 7.11 Å². The lowest BCUT2D eigenvalue weighted by molar-refractivity contribution is 0.239. The molecule has 0 N–H and O–H groups in total. The second-order valence-corrected chi connectivity index (χ2v) is 8.27. The Hall–Kier alpha value is -1.24. The number of benzene rings is 1. The summed E-state index contributed by atoms with van der Waals surface area (Å²) < 4.78 is 5.28. The summed E-state index contributed by atoms with van der Waals surface area (Å²) in [6.07, 6.45) is 19.2. The molecular formula is C24H36O. The molecule has 0 aromatic heterocycles.